The third-order valence-electron chi connectivity index (χ3n) is 13.0. The highest BCUT2D eigenvalue weighted by Gasteiger charge is 2.73. The standard InChI is InChI=1S/C22H10O8.C19H6F6O6.C16H6O7/c23-19-15-7-5-13(9-17(15)21(25)29-19)27-11-1-2-12(4-3-11)28-14-6-8-16-18(10-14)22(26)30-20(16)24;20-18(21,22)17(19(23,24)25,7-1-3-9-11(5-7)15(28)30-13(9)26)8-2-4-10-12(6-8)16(29)31-14(10)27;17-13-9-3-1-7(5-11(9)15(19)22-13)21-8-2-4-10-12(6-8)16(20)23-14(10)18/h1-10H;1-6H;1-6H. The first-order valence-electron chi connectivity index (χ1n) is 23.5. The Morgan fingerprint density at radius 3 is 0.631 bits per heavy atom. The second-order valence-corrected chi connectivity index (χ2v) is 17.9. The summed E-state index contributed by atoms with van der Waals surface area (Å²) in [6.45, 7) is 0. The number of rotatable bonds is 8. The van der Waals surface area contributed by atoms with Crippen molar-refractivity contribution in [3.8, 4) is 34.5 Å². The second kappa shape index (κ2) is 19.9. The minimum Gasteiger partial charge on any atom is -0.457 e. The van der Waals surface area contributed by atoms with Gasteiger partial charge in [0, 0.05) is 0 Å². The molecule has 6 heterocycles. The van der Waals surface area contributed by atoms with Crippen LogP contribution in [0.3, 0.4) is 0 Å². The number of alkyl halides is 6. The van der Waals surface area contributed by atoms with Crippen LogP contribution in [0.25, 0.3) is 0 Å². The van der Waals surface area contributed by atoms with E-state index >= 15 is 0 Å². The maximum Gasteiger partial charge on any atom is 0.411 e. The highest BCUT2D eigenvalue weighted by molar-refractivity contribution is 6.18. The first-order chi connectivity index (χ1) is 39.8. The zero-order valence-electron chi connectivity index (χ0n) is 41.0. The number of carbonyl (C=O) groups is 12. The van der Waals surface area contributed by atoms with Gasteiger partial charge in [0.2, 0.25) is 5.41 Å². The normalized spacial score (nSPS) is 15.2. The van der Waals surface area contributed by atoms with Gasteiger partial charge in [0.15, 0.2) is 0 Å². The Morgan fingerprint density at radius 2 is 0.405 bits per heavy atom. The third kappa shape index (κ3) is 9.34. The van der Waals surface area contributed by atoms with Crippen molar-refractivity contribution < 1.29 is 127 Å². The van der Waals surface area contributed by atoms with Gasteiger partial charge < -0.3 is 42.6 Å². The largest absolute Gasteiger partial charge is 0.457 e. The first-order valence-corrected chi connectivity index (χ1v) is 23.5. The molecule has 7 aromatic carbocycles. The number of halogens is 6. The molecular weight excluding hydrogens is 1130 g/mol. The number of carbonyl (C=O) groups excluding carboxylic acids is 12. The van der Waals surface area contributed by atoms with Gasteiger partial charge in [0.1, 0.15) is 34.5 Å². The minimum atomic E-state index is -6.02. The number of benzene rings is 7. The van der Waals surface area contributed by atoms with Crippen LogP contribution in [-0.4, -0.2) is 84.0 Å². The van der Waals surface area contributed by atoms with Gasteiger partial charge in [-0.2, -0.15) is 26.3 Å². The van der Waals surface area contributed by atoms with Crippen molar-refractivity contribution in [2.75, 3.05) is 0 Å². The van der Waals surface area contributed by atoms with Crippen LogP contribution in [0.2, 0.25) is 0 Å². The van der Waals surface area contributed by atoms with Gasteiger partial charge in [-0.25, -0.2) is 57.5 Å². The molecule has 6 aliphatic heterocycles. The zero-order chi connectivity index (χ0) is 59.9. The molecule has 7 aromatic rings. The molecule has 13 rings (SSSR count). The molecule has 418 valence electrons. The predicted octanol–water partition coefficient (Wildman–Crippen LogP) is 9.71. The van der Waals surface area contributed by atoms with Crippen LogP contribution in [0.1, 0.15) is 135 Å². The second-order valence-electron chi connectivity index (χ2n) is 17.9. The number of cyclic esters (lactones) is 12. The summed E-state index contributed by atoms with van der Waals surface area (Å²) in [5.74, 6) is -8.59. The maximum absolute atomic E-state index is 14.2. The molecule has 0 amide bonds. The first kappa shape index (κ1) is 54.3. The lowest BCUT2D eigenvalue weighted by molar-refractivity contribution is -0.288. The fourth-order valence-electron chi connectivity index (χ4n) is 9.11. The van der Waals surface area contributed by atoms with Crippen LogP contribution in [0.4, 0.5) is 26.3 Å². The van der Waals surface area contributed by atoms with E-state index in [0.717, 1.165) is 0 Å². The molecule has 0 fully saturated rings. The lowest BCUT2D eigenvalue weighted by Crippen LogP contribution is -2.55. The highest BCUT2D eigenvalue weighted by atomic mass is 19.4. The van der Waals surface area contributed by atoms with E-state index in [0.29, 0.717) is 47.3 Å². The Kier molecular flexibility index (Phi) is 12.8. The van der Waals surface area contributed by atoms with E-state index in [-0.39, 0.29) is 68.1 Å². The summed E-state index contributed by atoms with van der Waals surface area (Å²) in [6, 6.07) is 26.7. The summed E-state index contributed by atoms with van der Waals surface area (Å²) in [4.78, 5) is 139. The summed E-state index contributed by atoms with van der Waals surface area (Å²) in [5, 5.41) is 0. The molecule has 0 saturated carbocycles. The molecule has 21 nitrogen and oxygen atoms in total. The van der Waals surface area contributed by atoms with Gasteiger partial charge in [0.25, 0.3) is 0 Å². The van der Waals surface area contributed by atoms with Crippen LogP contribution in [-0.2, 0) is 33.8 Å². The molecule has 0 aliphatic carbocycles. The average Bonchev–Trinajstić information content (AvgIpc) is 2.65. The van der Waals surface area contributed by atoms with Crippen LogP contribution < -0.4 is 14.2 Å². The number of fused-ring (bicyclic) bond motifs is 6. The Morgan fingerprint density at radius 1 is 0.226 bits per heavy atom. The Balaban J connectivity index is 0.000000133. The Labute approximate surface area is 460 Å². The van der Waals surface area contributed by atoms with Gasteiger partial charge in [-0.1, -0.05) is 12.1 Å². The lowest BCUT2D eigenvalue weighted by Gasteiger charge is -2.38. The number of esters is 12. The van der Waals surface area contributed by atoms with Crippen molar-refractivity contribution in [3.05, 3.63) is 211 Å². The van der Waals surface area contributed by atoms with Gasteiger partial charge in [-0.05, 0) is 132 Å². The van der Waals surface area contributed by atoms with Crippen molar-refractivity contribution in [2.45, 2.75) is 17.8 Å². The topological polar surface area (TPSA) is 288 Å². The van der Waals surface area contributed by atoms with E-state index in [1.807, 2.05) is 0 Å². The van der Waals surface area contributed by atoms with Crippen molar-refractivity contribution >= 4 is 71.6 Å². The Hall–Kier alpha value is -11.6. The van der Waals surface area contributed by atoms with E-state index < -0.39 is 123 Å². The molecule has 0 spiro atoms. The van der Waals surface area contributed by atoms with E-state index in [2.05, 4.69) is 28.4 Å². The number of hydrogen-bond acceptors (Lipinski definition) is 21. The zero-order valence-corrected chi connectivity index (χ0v) is 41.0. The molecular formula is C57H22F6O21. The van der Waals surface area contributed by atoms with E-state index in [1.54, 1.807) is 36.4 Å². The maximum atomic E-state index is 14.2. The van der Waals surface area contributed by atoms with E-state index in [1.165, 1.54) is 60.7 Å². The Bertz CT molecular complexity index is 3970. The summed E-state index contributed by atoms with van der Waals surface area (Å²) in [7, 11) is 0. The van der Waals surface area contributed by atoms with Crippen LogP contribution in [0, 0.1) is 0 Å². The van der Waals surface area contributed by atoms with Crippen LogP contribution in [0.5, 0.6) is 34.5 Å². The van der Waals surface area contributed by atoms with Crippen molar-refractivity contribution in [2.24, 2.45) is 0 Å². The third-order valence-corrected chi connectivity index (χ3v) is 13.0. The van der Waals surface area contributed by atoms with Crippen LogP contribution in [0.15, 0.2) is 133 Å². The van der Waals surface area contributed by atoms with Gasteiger partial charge >= 0.3 is 84.0 Å². The number of ether oxygens (including phenoxy) is 9. The minimum absolute atomic E-state index is 0.114. The van der Waals surface area contributed by atoms with E-state index in [4.69, 9.17) is 14.2 Å². The fourth-order valence-corrected chi connectivity index (χ4v) is 9.11. The van der Waals surface area contributed by atoms with E-state index in [9.17, 15) is 83.9 Å². The van der Waals surface area contributed by atoms with Crippen molar-refractivity contribution in [1.29, 1.82) is 0 Å². The van der Waals surface area contributed by atoms with Gasteiger partial charge in [0.05, 0.1) is 66.8 Å². The summed E-state index contributed by atoms with van der Waals surface area (Å²) in [6.07, 6.45) is -12.0. The smallest absolute Gasteiger partial charge is 0.411 e. The molecule has 0 N–H and O–H groups in total. The monoisotopic (exact) mass is 1160 g/mol. The molecule has 27 heteroatoms. The van der Waals surface area contributed by atoms with Gasteiger partial charge in [-0.15, -0.1) is 0 Å². The molecule has 0 atom stereocenters. The lowest BCUT2D eigenvalue weighted by atomic mass is 9.71. The molecule has 0 unspecified atom stereocenters. The average molecular weight is 1160 g/mol. The number of hydrogen-bond donors (Lipinski definition) is 0. The van der Waals surface area contributed by atoms with Crippen molar-refractivity contribution in [1.82, 2.24) is 0 Å². The molecule has 0 aromatic heterocycles. The SMILES string of the molecule is O=C1OC(=O)c2cc(C(c3ccc4c(c3)C(=O)OC4=O)(C(F)(F)F)C(F)(F)F)ccc21.O=C1OC(=O)c2cc(Oc3ccc(Oc4ccc5c(c4)C(=O)OC5=O)cc3)ccc21.O=C1OC(=O)c2cc(Oc3ccc4c(c3)C(=O)OC4=O)ccc21. The molecule has 0 saturated heterocycles. The summed E-state index contributed by atoms with van der Waals surface area (Å²) < 4.78 is 129. The van der Waals surface area contributed by atoms with Gasteiger partial charge in [-0.3, -0.25) is 0 Å². The molecule has 84 heavy (non-hydrogen) atoms. The summed E-state index contributed by atoms with van der Waals surface area (Å²) in [5.41, 5.74) is -8.79. The van der Waals surface area contributed by atoms with Crippen LogP contribution >= 0.6 is 0 Å². The quantitative estimate of drug-likeness (QED) is 0.0592. The van der Waals surface area contributed by atoms with Crippen molar-refractivity contribution in [3.63, 3.8) is 0 Å². The summed E-state index contributed by atoms with van der Waals surface area (Å²) >= 11 is 0. The fraction of sp³-hybridized carbons (Fsp3) is 0.0526. The highest BCUT2D eigenvalue weighted by Crippen LogP contribution is 2.57. The molecule has 6 aliphatic rings. The molecule has 0 bridgehead atoms. The predicted molar refractivity (Wildman–Crippen MR) is 257 cm³/mol. The molecule has 0 radical (unpaired) electrons.